The van der Waals surface area contributed by atoms with Crippen molar-refractivity contribution < 1.29 is 18.3 Å². The van der Waals surface area contributed by atoms with Gasteiger partial charge < -0.3 is 5.11 Å². The Balaban J connectivity index is 2.27. The summed E-state index contributed by atoms with van der Waals surface area (Å²) in [6, 6.07) is 1.21. The maximum Gasteiger partial charge on any atom is 0.134 e. The Bertz CT molecular complexity index is 397. The molecule has 1 nitrogen and oxygen atoms in total. The van der Waals surface area contributed by atoms with Crippen LogP contribution in [-0.4, -0.2) is 5.11 Å². The van der Waals surface area contributed by atoms with E-state index in [1.807, 2.05) is 0 Å². The summed E-state index contributed by atoms with van der Waals surface area (Å²) in [6.45, 7) is 2.18. The minimum Gasteiger partial charge on any atom is -0.388 e. The van der Waals surface area contributed by atoms with Crippen molar-refractivity contribution in [3.05, 3.63) is 35.1 Å². The molecule has 0 aliphatic rings. The Labute approximate surface area is 125 Å². The lowest BCUT2D eigenvalue weighted by molar-refractivity contribution is 0.153. The van der Waals surface area contributed by atoms with Crippen LogP contribution in [-0.2, 0) is 0 Å². The molecule has 0 amide bonds. The molecule has 0 aliphatic heterocycles. The van der Waals surface area contributed by atoms with Gasteiger partial charge in [-0.1, -0.05) is 58.3 Å². The van der Waals surface area contributed by atoms with Crippen molar-refractivity contribution in [2.24, 2.45) is 0 Å². The van der Waals surface area contributed by atoms with Crippen LogP contribution in [0.2, 0.25) is 0 Å². The summed E-state index contributed by atoms with van der Waals surface area (Å²) in [5.41, 5.74) is -0.417. The Morgan fingerprint density at radius 3 is 1.86 bits per heavy atom. The quantitative estimate of drug-likeness (QED) is 0.552. The van der Waals surface area contributed by atoms with Crippen LogP contribution in [0.25, 0.3) is 0 Å². The second kappa shape index (κ2) is 9.82. The molecule has 0 bridgehead atoms. The normalized spacial score (nSPS) is 12.6. The van der Waals surface area contributed by atoms with Gasteiger partial charge in [0.1, 0.15) is 17.5 Å². The molecular formula is C17H25F3O. The van der Waals surface area contributed by atoms with Crippen LogP contribution < -0.4 is 0 Å². The first kappa shape index (κ1) is 18.0. The summed E-state index contributed by atoms with van der Waals surface area (Å²) in [7, 11) is 0. The van der Waals surface area contributed by atoms with E-state index in [-0.39, 0.29) is 0 Å². The van der Waals surface area contributed by atoms with Gasteiger partial charge in [0.25, 0.3) is 0 Å². The summed E-state index contributed by atoms with van der Waals surface area (Å²) in [5, 5.41) is 9.84. The fourth-order valence-corrected chi connectivity index (χ4v) is 2.49. The van der Waals surface area contributed by atoms with Crippen molar-refractivity contribution in [3.8, 4) is 0 Å². The van der Waals surface area contributed by atoms with Gasteiger partial charge in [-0.15, -0.1) is 0 Å². The van der Waals surface area contributed by atoms with Gasteiger partial charge in [-0.25, -0.2) is 13.2 Å². The van der Waals surface area contributed by atoms with E-state index >= 15 is 0 Å². The fourth-order valence-electron chi connectivity index (χ4n) is 2.49. The standard InChI is InChI=1S/C17H25F3O/c1-2-3-4-5-6-7-8-9-10-16(21)17-14(19)11-13(18)12-15(17)20/h11-12,16,21H,2-10H2,1H3. The van der Waals surface area contributed by atoms with Crippen molar-refractivity contribution in [2.45, 2.75) is 70.8 Å². The molecule has 1 rings (SSSR count). The zero-order valence-electron chi connectivity index (χ0n) is 12.7. The fraction of sp³-hybridized carbons (Fsp3) is 0.647. The first-order valence-electron chi connectivity index (χ1n) is 7.88. The minimum absolute atomic E-state index is 0.300. The van der Waals surface area contributed by atoms with Crippen molar-refractivity contribution in [2.75, 3.05) is 0 Å². The van der Waals surface area contributed by atoms with Crippen LogP contribution in [0.3, 0.4) is 0 Å². The van der Waals surface area contributed by atoms with E-state index in [9.17, 15) is 18.3 Å². The van der Waals surface area contributed by atoms with Crippen molar-refractivity contribution in [1.82, 2.24) is 0 Å². The lowest BCUT2D eigenvalue weighted by atomic mass is 10.0. The van der Waals surface area contributed by atoms with Gasteiger partial charge >= 0.3 is 0 Å². The van der Waals surface area contributed by atoms with E-state index in [1.54, 1.807) is 0 Å². The molecule has 0 fully saturated rings. The van der Waals surface area contributed by atoms with Crippen LogP contribution >= 0.6 is 0 Å². The predicted octanol–water partition coefficient (Wildman–Crippen LogP) is 5.67. The van der Waals surface area contributed by atoms with Gasteiger partial charge in [-0.2, -0.15) is 0 Å². The third-order valence-electron chi connectivity index (χ3n) is 3.71. The molecule has 1 aromatic rings. The molecule has 0 saturated heterocycles. The number of benzene rings is 1. The van der Waals surface area contributed by atoms with Gasteiger partial charge in [0, 0.05) is 12.1 Å². The number of aliphatic hydroxyl groups is 1. The monoisotopic (exact) mass is 302 g/mol. The molecule has 0 saturated carbocycles. The van der Waals surface area contributed by atoms with Crippen molar-refractivity contribution in [1.29, 1.82) is 0 Å². The smallest absolute Gasteiger partial charge is 0.134 e. The molecule has 0 spiro atoms. The Morgan fingerprint density at radius 1 is 0.857 bits per heavy atom. The summed E-state index contributed by atoms with van der Waals surface area (Å²) in [5.74, 6) is -2.99. The lowest BCUT2D eigenvalue weighted by Crippen LogP contribution is -2.05. The number of halogens is 3. The number of rotatable bonds is 10. The maximum absolute atomic E-state index is 13.5. The zero-order chi connectivity index (χ0) is 15.7. The summed E-state index contributed by atoms with van der Waals surface area (Å²) in [4.78, 5) is 0. The van der Waals surface area contributed by atoms with Crippen LogP contribution in [0.1, 0.15) is 76.4 Å². The SMILES string of the molecule is CCCCCCCCCCC(O)c1c(F)cc(F)cc1F. The summed E-state index contributed by atoms with van der Waals surface area (Å²) >= 11 is 0. The molecular weight excluding hydrogens is 277 g/mol. The largest absolute Gasteiger partial charge is 0.388 e. The molecule has 1 atom stereocenters. The average Bonchev–Trinajstić information content (AvgIpc) is 2.40. The van der Waals surface area contributed by atoms with Crippen molar-refractivity contribution in [3.63, 3.8) is 0 Å². The molecule has 1 aromatic carbocycles. The number of hydrogen-bond acceptors (Lipinski definition) is 1. The Hall–Kier alpha value is -1.03. The number of hydrogen-bond donors (Lipinski definition) is 1. The Morgan fingerprint density at radius 2 is 1.33 bits per heavy atom. The van der Waals surface area contributed by atoms with Crippen LogP contribution in [0.4, 0.5) is 13.2 Å². The van der Waals surface area contributed by atoms with E-state index in [2.05, 4.69) is 6.92 Å². The highest BCUT2D eigenvalue weighted by Crippen LogP contribution is 2.26. The predicted molar refractivity (Wildman–Crippen MR) is 78.5 cm³/mol. The molecule has 0 aliphatic carbocycles. The third-order valence-corrected chi connectivity index (χ3v) is 3.71. The van der Waals surface area contributed by atoms with E-state index < -0.39 is 29.1 Å². The van der Waals surface area contributed by atoms with Crippen molar-refractivity contribution >= 4 is 0 Å². The van der Waals surface area contributed by atoms with Crippen LogP contribution in [0, 0.1) is 17.5 Å². The second-order valence-electron chi connectivity index (χ2n) is 5.56. The minimum atomic E-state index is -1.20. The molecule has 0 radical (unpaired) electrons. The van der Waals surface area contributed by atoms with Gasteiger partial charge in [0.05, 0.1) is 11.7 Å². The van der Waals surface area contributed by atoms with Crippen LogP contribution in [0.5, 0.6) is 0 Å². The highest BCUT2D eigenvalue weighted by molar-refractivity contribution is 5.23. The topological polar surface area (TPSA) is 20.2 Å². The zero-order valence-corrected chi connectivity index (χ0v) is 12.7. The van der Waals surface area contributed by atoms with Gasteiger partial charge in [-0.05, 0) is 6.42 Å². The van der Waals surface area contributed by atoms with E-state index in [1.165, 1.54) is 25.7 Å². The summed E-state index contributed by atoms with van der Waals surface area (Å²) < 4.78 is 39.7. The lowest BCUT2D eigenvalue weighted by Gasteiger charge is -2.13. The Kier molecular flexibility index (Phi) is 8.43. The van der Waals surface area contributed by atoms with Crippen LogP contribution in [0.15, 0.2) is 12.1 Å². The highest BCUT2D eigenvalue weighted by atomic mass is 19.1. The number of aliphatic hydroxyl groups excluding tert-OH is 1. The highest BCUT2D eigenvalue weighted by Gasteiger charge is 2.18. The maximum atomic E-state index is 13.5. The van der Waals surface area contributed by atoms with E-state index in [0.717, 1.165) is 19.3 Å². The molecule has 120 valence electrons. The summed E-state index contributed by atoms with van der Waals surface area (Å²) in [6.07, 6.45) is 7.95. The molecule has 1 N–H and O–H groups in total. The first-order chi connectivity index (χ1) is 10.1. The molecule has 0 aromatic heterocycles. The van der Waals surface area contributed by atoms with Gasteiger partial charge in [0.2, 0.25) is 0 Å². The average molecular weight is 302 g/mol. The molecule has 21 heavy (non-hydrogen) atoms. The van der Waals surface area contributed by atoms with E-state index in [0.29, 0.717) is 25.0 Å². The molecule has 0 heterocycles. The third kappa shape index (κ3) is 6.51. The number of unbranched alkanes of at least 4 members (excludes halogenated alkanes) is 7. The molecule has 4 heteroatoms. The van der Waals surface area contributed by atoms with E-state index in [4.69, 9.17) is 0 Å². The molecule has 1 unspecified atom stereocenters. The second-order valence-corrected chi connectivity index (χ2v) is 5.56. The van der Waals surface area contributed by atoms with Gasteiger partial charge in [0.15, 0.2) is 0 Å². The first-order valence-corrected chi connectivity index (χ1v) is 7.88. The van der Waals surface area contributed by atoms with Gasteiger partial charge in [-0.3, -0.25) is 0 Å².